The molecule has 0 N–H and O–H groups in total. The van der Waals surface area contributed by atoms with Crippen LogP contribution >= 0.6 is 0 Å². The molecule has 1 aromatic carbocycles. The molecule has 3 heteroatoms. The van der Waals surface area contributed by atoms with E-state index >= 15 is 0 Å². The molecule has 16 heavy (non-hydrogen) atoms. The zero-order valence-corrected chi connectivity index (χ0v) is 9.03. The van der Waals surface area contributed by atoms with Crippen LogP contribution in [0.3, 0.4) is 0 Å². The molecule has 1 heterocycles. The Bertz CT molecular complexity index is 488. The van der Waals surface area contributed by atoms with E-state index in [0.717, 1.165) is 16.9 Å². The van der Waals surface area contributed by atoms with Gasteiger partial charge in [-0.1, -0.05) is 18.2 Å². The lowest BCUT2D eigenvalue weighted by atomic mass is 9.92. The van der Waals surface area contributed by atoms with Crippen LogP contribution in [0.25, 0.3) is 5.57 Å². The van der Waals surface area contributed by atoms with Crippen molar-refractivity contribution in [1.82, 2.24) is 0 Å². The van der Waals surface area contributed by atoms with E-state index in [2.05, 4.69) is 0 Å². The predicted molar refractivity (Wildman–Crippen MR) is 59.0 cm³/mol. The standard InChI is InChI=1S/C13H12O3/c1-15-13-10(14)6-8-7-16-11-5-3-2-4-9(11)12(8)13/h2-5,8H,6-7H2,1H3. The number of ketones is 1. The Balaban J connectivity index is 2.21. The molecule has 0 radical (unpaired) electrons. The van der Waals surface area contributed by atoms with Crippen LogP contribution in [0, 0.1) is 5.92 Å². The highest BCUT2D eigenvalue weighted by molar-refractivity contribution is 6.07. The number of hydrogen-bond donors (Lipinski definition) is 0. The number of allylic oxidation sites excluding steroid dienone is 1. The van der Waals surface area contributed by atoms with Crippen molar-refractivity contribution in [2.45, 2.75) is 6.42 Å². The fraction of sp³-hybridized carbons (Fsp3) is 0.308. The molecule has 0 spiro atoms. The summed E-state index contributed by atoms with van der Waals surface area (Å²) in [5.74, 6) is 1.61. The lowest BCUT2D eigenvalue weighted by Gasteiger charge is -2.24. The first kappa shape index (κ1) is 9.46. The second kappa shape index (κ2) is 3.37. The van der Waals surface area contributed by atoms with Crippen molar-refractivity contribution >= 4 is 11.4 Å². The van der Waals surface area contributed by atoms with Gasteiger partial charge in [-0.3, -0.25) is 4.79 Å². The number of carbonyl (C=O) groups is 1. The van der Waals surface area contributed by atoms with Crippen molar-refractivity contribution in [2.24, 2.45) is 5.92 Å². The molecule has 3 nitrogen and oxygen atoms in total. The molecule has 2 aliphatic rings. The van der Waals surface area contributed by atoms with Crippen LogP contribution in [0.2, 0.25) is 0 Å². The van der Waals surface area contributed by atoms with E-state index in [4.69, 9.17) is 9.47 Å². The summed E-state index contributed by atoms with van der Waals surface area (Å²) < 4.78 is 10.9. The maximum Gasteiger partial charge on any atom is 0.198 e. The second-order valence-corrected chi connectivity index (χ2v) is 4.08. The third kappa shape index (κ3) is 1.18. The van der Waals surface area contributed by atoms with Crippen LogP contribution in [0.15, 0.2) is 30.0 Å². The number of methoxy groups -OCH3 is 1. The Morgan fingerprint density at radius 2 is 2.19 bits per heavy atom. The van der Waals surface area contributed by atoms with Gasteiger partial charge in [-0.05, 0) is 6.07 Å². The number of rotatable bonds is 1. The van der Waals surface area contributed by atoms with Crippen molar-refractivity contribution in [3.05, 3.63) is 35.6 Å². The van der Waals surface area contributed by atoms with Gasteiger partial charge in [0.15, 0.2) is 11.5 Å². The second-order valence-electron chi connectivity index (χ2n) is 4.08. The quantitative estimate of drug-likeness (QED) is 0.720. The summed E-state index contributed by atoms with van der Waals surface area (Å²) in [6.45, 7) is 0.574. The van der Waals surface area contributed by atoms with Gasteiger partial charge in [-0.2, -0.15) is 0 Å². The first-order valence-corrected chi connectivity index (χ1v) is 5.35. The van der Waals surface area contributed by atoms with Gasteiger partial charge in [0.25, 0.3) is 0 Å². The van der Waals surface area contributed by atoms with Gasteiger partial charge < -0.3 is 9.47 Å². The fourth-order valence-electron chi connectivity index (χ4n) is 2.47. The Labute approximate surface area is 93.7 Å². The van der Waals surface area contributed by atoms with Crippen LogP contribution in [0.1, 0.15) is 12.0 Å². The molecule has 0 aromatic heterocycles. The van der Waals surface area contributed by atoms with Crippen molar-refractivity contribution in [2.75, 3.05) is 13.7 Å². The Hall–Kier alpha value is -1.77. The van der Waals surface area contributed by atoms with E-state index in [1.54, 1.807) is 7.11 Å². The third-order valence-corrected chi connectivity index (χ3v) is 3.16. The Morgan fingerprint density at radius 1 is 1.38 bits per heavy atom. The monoisotopic (exact) mass is 216 g/mol. The normalized spacial score (nSPS) is 22.6. The number of fused-ring (bicyclic) bond motifs is 3. The number of benzene rings is 1. The topological polar surface area (TPSA) is 35.5 Å². The van der Waals surface area contributed by atoms with Gasteiger partial charge in [0.1, 0.15) is 5.75 Å². The minimum atomic E-state index is 0.0859. The summed E-state index contributed by atoms with van der Waals surface area (Å²) >= 11 is 0. The first-order valence-electron chi connectivity index (χ1n) is 5.35. The summed E-state index contributed by atoms with van der Waals surface area (Å²) in [7, 11) is 1.56. The zero-order valence-electron chi connectivity index (χ0n) is 9.03. The average Bonchev–Trinajstić information content (AvgIpc) is 2.65. The SMILES string of the molecule is COC1=C2c3ccccc3OCC2CC1=O. The van der Waals surface area contributed by atoms with Gasteiger partial charge >= 0.3 is 0 Å². The average molecular weight is 216 g/mol. The minimum absolute atomic E-state index is 0.0859. The molecule has 1 aliphatic heterocycles. The van der Waals surface area contributed by atoms with Gasteiger partial charge in [0, 0.05) is 23.5 Å². The largest absolute Gasteiger partial charge is 0.493 e. The maximum atomic E-state index is 11.7. The molecule has 0 saturated carbocycles. The van der Waals surface area contributed by atoms with Crippen LogP contribution in [-0.4, -0.2) is 19.5 Å². The molecule has 82 valence electrons. The molecule has 0 saturated heterocycles. The Morgan fingerprint density at radius 3 is 3.00 bits per heavy atom. The van der Waals surface area contributed by atoms with E-state index in [1.165, 1.54) is 0 Å². The van der Waals surface area contributed by atoms with Gasteiger partial charge in [0.05, 0.1) is 13.7 Å². The van der Waals surface area contributed by atoms with Crippen LogP contribution in [-0.2, 0) is 9.53 Å². The highest BCUT2D eigenvalue weighted by Crippen LogP contribution is 2.44. The summed E-state index contributed by atoms with van der Waals surface area (Å²) in [5, 5.41) is 0. The fourth-order valence-corrected chi connectivity index (χ4v) is 2.47. The van der Waals surface area contributed by atoms with Crippen LogP contribution in [0.4, 0.5) is 0 Å². The van der Waals surface area contributed by atoms with Crippen molar-refractivity contribution in [3.8, 4) is 5.75 Å². The zero-order chi connectivity index (χ0) is 11.1. The number of ether oxygens (including phenoxy) is 2. The number of carbonyl (C=O) groups excluding carboxylic acids is 1. The van der Waals surface area contributed by atoms with E-state index in [-0.39, 0.29) is 11.7 Å². The lowest BCUT2D eigenvalue weighted by molar-refractivity contribution is -0.118. The molecule has 0 fully saturated rings. The molecule has 0 amide bonds. The number of Topliss-reactive ketones (excluding diaryl/α,β-unsaturated/α-hetero) is 1. The summed E-state index contributed by atoms with van der Waals surface area (Å²) in [6.07, 6.45) is 0.507. The van der Waals surface area contributed by atoms with Gasteiger partial charge in [0.2, 0.25) is 0 Å². The van der Waals surface area contributed by atoms with Crippen molar-refractivity contribution < 1.29 is 14.3 Å². The van der Waals surface area contributed by atoms with E-state index < -0.39 is 0 Å². The van der Waals surface area contributed by atoms with E-state index in [1.807, 2.05) is 24.3 Å². The molecule has 1 aliphatic carbocycles. The van der Waals surface area contributed by atoms with Gasteiger partial charge in [-0.15, -0.1) is 0 Å². The summed E-state index contributed by atoms with van der Waals surface area (Å²) in [6, 6.07) is 7.79. The molecule has 3 rings (SSSR count). The third-order valence-electron chi connectivity index (χ3n) is 3.16. The molecule has 1 unspecified atom stereocenters. The Kier molecular flexibility index (Phi) is 1.99. The van der Waals surface area contributed by atoms with Crippen LogP contribution in [0.5, 0.6) is 5.75 Å². The van der Waals surface area contributed by atoms with E-state index in [9.17, 15) is 4.79 Å². The maximum absolute atomic E-state index is 11.7. The first-order chi connectivity index (χ1) is 7.81. The molecule has 1 aromatic rings. The molecule has 1 atom stereocenters. The summed E-state index contributed by atoms with van der Waals surface area (Å²) in [5.41, 5.74) is 2.02. The van der Waals surface area contributed by atoms with E-state index in [0.29, 0.717) is 18.8 Å². The minimum Gasteiger partial charge on any atom is -0.493 e. The highest BCUT2D eigenvalue weighted by atomic mass is 16.5. The van der Waals surface area contributed by atoms with Crippen molar-refractivity contribution in [3.63, 3.8) is 0 Å². The predicted octanol–water partition coefficient (Wildman–Crippen LogP) is 2.03. The smallest absolute Gasteiger partial charge is 0.198 e. The van der Waals surface area contributed by atoms with Gasteiger partial charge in [-0.25, -0.2) is 0 Å². The summed E-state index contributed by atoms with van der Waals surface area (Å²) in [4.78, 5) is 11.7. The van der Waals surface area contributed by atoms with Crippen molar-refractivity contribution in [1.29, 1.82) is 0 Å². The van der Waals surface area contributed by atoms with Crippen LogP contribution < -0.4 is 4.74 Å². The molecular weight excluding hydrogens is 204 g/mol. The molecule has 0 bridgehead atoms. The molecular formula is C13H12O3. The number of para-hydroxylation sites is 1. The number of hydrogen-bond acceptors (Lipinski definition) is 3. The highest BCUT2D eigenvalue weighted by Gasteiger charge is 2.38. The lowest BCUT2D eigenvalue weighted by Crippen LogP contribution is -2.17.